The van der Waals surface area contributed by atoms with Gasteiger partial charge in [0, 0.05) is 12.6 Å². The second-order valence-corrected chi connectivity index (χ2v) is 5.09. The van der Waals surface area contributed by atoms with E-state index in [2.05, 4.69) is 33.2 Å². The van der Waals surface area contributed by atoms with Crippen LogP contribution < -0.4 is 5.32 Å². The molecule has 1 heterocycles. The lowest BCUT2D eigenvalue weighted by Gasteiger charge is -2.30. The van der Waals surface area contributed by atoms with Crippen molar-refractivity contribution < 1.29 is 4.79 Å². The molecule has 1 aliphatic heterocycles. The first-order chi connectivity index (χ1) is 6.63. The van der Waals surface area contributed by atoms with E-state index >= 15 is 0 Å². The number of hydrogen-bond donors (Lipinski definition) is 1. The Labute approximate surface area is 94.4 Å². The highest BCUT2D eigenvalue weighted by atomic mass is 79.9. The number of hydrogen-bond acceptors (Lipinski definition) is 2. The highest BCUT2D eigenvalue weighted by Crippen LogP contribution is 2.10. The topological polar surface area (TPSA) is 32.3 Å². The van der Waals surface area contributed by atoms with E-state index in [1.165, 1.54) is 6.42 Å². The Morgan fingerprint density at radius 3 is 3.00 bits per heavy atom. The fourth-order valence-corrected chi connectivity index (χ4v) is 1.89. The zero-order valence-electron chi connectivity index (χ0n) is 8.92. The maximum absolute atomic E-state index is 11.6. The normalized spacial score (nSPS) is 25.8. The molecule has 2 unspecified atom stereocenters. The predicted molar refractivity (Wildman–Crippen MR) is 61.7 cm³/mol. The molecule has 3 nitrogen and oxygen atoms in total. The first kappa shape index (κ1) is 12.0. The van der Waals surface area contributed by atoms with Crippen molar-refractivity contribution in [2.24, 2.45) is 0 Å². The highest BCUT2D eigenvalue weighted by Gasteiger charge is 2.21. The lowest BCUT2D eigenvalue weighted by molar-refractivity contribution is -0.121. The predicted octanol–water partition coefficient (Wildman–Crippen LogP) is 1.37. The minimum Gasteiger partial charge on any atom is -0.351 e. The monoisotopic (exact) mass is 262 g/mol. The second kappa shape index (κ2) is 5.71. The highest BCUT2D eigenvalue weighted by molar-refractivity contribution is 9.10. The maximum atomic E-state index is 11.6. The summed E-state index contributed by atoms with van der Waals surface area (Å²) >= 11 is 3.36. The van der Waals surface area contributed by atoms with Gasteiger partial charge < -0.3 is 10.2 Å². The molecule has 0 spiro atoms. The quantitative estimate of drug-likeness (QED) is 0.780. The van der Waals surface area contributed by atoms with Gasteiger partial charge in [-0.15, -0.1) is 0 Å². The third-order valence-corrected chi connectivity index (χ3v) is 3.68. The number of nitrogens with one attached hydrogen (secondary N) is 1. The summed E-state index contributed by atoms with van der Waals surface area (Å²) in [7, 11) is 2.10. The van der Waals surface area contributed by atoms with Crippen molar-refractivity contribution in [3.05, 3.63) is 0 Å². The van der Waals surface area contributed by atoms with E-state index in [1.807, 2.05) is 6.92 Å². The number of rotatable bonds is 3. The zero-order valence-corrected chi connectivity index (χ0v) is 10.5. The van der Waals surface area contributed by atoms with Crippen LogP contribution in [0, 0.1) is 0 Å². The Kier molecular flexibility index (Phi) is 4.89. The molecule has 0 aromatic heterocycles. The van der Waals surface area contributed by atoms with Gasteiger partial charge in [-0.3, -0.25) is 4.79 Å². The fraction of sp³-hybridized carbons (Fsp3) is 0.900. The number of alkyl halides is 1. The van der Waals surface area contributed by atoms with Gasteiger partial charge in [0.1, 0.15) is 0 Å². The Balaban J connectivity index is 2.32. The summed E-state index contributed by atoms with van der Waals surface area (Å²) in [5.74, 6) is 0.132. The van der Waals surface area contributed by atoms with E-state index in [4.69, 9.17) is 0 Å². The molecule has 1 fully saturated rings. The Morgan fingerprint density at radius 1 is 1.71 bits per heavy atom. The van der Waals surface area contributed by atoms with Gasteiger partial charge >= 0.3 is 0 Å². The number of carbonyl (C=O) groups excluding carboxylic acids is 1. The molecule has 1 rings (SSSR count). The summed E-state index contributed by atoms with van der Waals surface area (Å²) in [4.78, 5) is 13.8. The van der Waals surface area contributed by atoms with E-state index in [9.17, 15) is 4.79 Å². The molecule has 0 aromatic rings. The molecular weight excluding hydrogens is 244 g/mol. The molecule has 4 heteroatoms. The summed E-state index contributed by atoms with van der Waals surface area (Å²) < 4.78 is 0. The lowest BCUT2D eigenvalue weighted by Crippen LogP contribution is -2.48. The molecule has 1 N–H and O–H groups in total. The number of amides is 1. The summed E-state index contributed by atoms with van der Waals surface area (Å²) in [6.07, 6.45) is 3.13. The van der Waals surface area contributed by atoms with Gasteiger partial charge in [-0.25, -0.2) is 0 Å². The van der Waals surface area contributed by atoms with E-state index < -0.39 is 0 Å². The largest absolute Gasteiger partial charge is 0.351 e. The number of nitrogens with zero attached hydrogens (tertiary/aromatic N) is 1. The number of carbonyl (C=O) groups is 1. The molecule has 0 aromatic carbocycles. The van der Waals surface area contributed by atoms with Crippen molar-refractivity contribution in [1.29, 1.82) is 0 Å². The van der Waals surface area contributed by atoms with Gasteiger partial charge in [0.25, 0.3) is 0 Å². The summed E-state index contributed by atoms with van der Waals surface area (Å²) in [6.45, 7) is 4.14. The maximum Gasteiger partial charge on any atom is 0.234 e. The summed E-state index contributed by atoms with van der Waals surface area (Å²) in [6, 6.07) is 0.341. The van der Waals surface area contributed by atoms with Crippen LogP contribution in [0.4, 0.5) is 0 Å². The number of halogens is 1. The van der Waals surface area contributed by atoms with E-state index in [-0.39, 0.29) is 10.7 Å². The first-order valence-corrected chi connectivity index (χ1v) is 6.18. The van der Waals surface area contributed by atoms with Crippen molar-refractivity contribution >= 4 is 21.8 Å². The molecule has 1 aliphatic rings. The van der Waals surface area contributed by atoms with Crippen LogP contribution in [0.3, 0.4) is 0 Å². The van der Waals surface area contributed by atoms with Gasteiger partial charge in [-0.1, -0.05) is 22.9 Å². The first-order valence-electron chi connectivity index (χ1n) is 5.26. The van der Waals surface area contributed by atoms with Crippen LogP contribution in [0.5, 0.6) is 0 Å². The molecule has 0 radical (unpaired) electrons. The molecule has 0 bridgehead atoms. The standard InChI is InChI=1S/C10H19BrN2O/c1-3-9(11)10(14)12-8-5-4-6-13(2)7-8/h8-9H,3-7H2,1-2H3,(H,12,14). The van der Waals surface area contributed by atoms with Crippen molar-refractivity contribution in [2.75, 3.05) is 20.1 Å². The van der Waals surface area contributed by atoms with E-state index in [1.54, 1.807) is 0 Å². The molecular formula is C10H19BrN2O. The molecule has 0 saturated carbocycles. The number of likely N-dealkylation sites (tertiary alicyclic amines) is 1. The van der Waals surface area contributed by atoms with Crippen molar-refractivity contribution in [2.45, 2.75) is 37.1 Å². The van der Waals surface area contributed by atoms with Gasteiger partial charge in [0.05, 0.1) is 4.83 Å². The molecule has 1 amide bonds. The third kappa shape index (κ3) is 3.58. The summed E-state index contributed by atoms with van der Waals surface area (Å²) in [5, 5.41) is 3.07. The smallest absolute Gasteiger partial charge is 0.234 e. The minimum atomic E-state index is -0.0327. The van der Waals surface area contributed by atoms with E-state index in [0.717, 1.165) is 25.9 Å². The second-order valence-electron chi connectivity index (χ2n) is 3.99. The molecule has 82 valence electrons. The average Bonchev–Trinajstić information content (AvgIpc) is 2.16. The van der Waals surface area contributed by atoms with Gasteiger partial charge in [-0.2, -0.15) is 0 Å². The molecule has 2 atom stereocenters. The molecule has 0 aliphatic carbocycles. The lowest BCUT2D eigenvalue weighted by atomic mass is 10.1. The van der Waals surface area contributed by atoms with Crippen LogP contribution in [0.2, 0.25) is 0 Å². The van der Waals surface area contributed by atoms with Crippen LogP contribution in [-0.4, -0.2) is 41.8 Å². The minimum absolute atomic E-state index is 0.0327. The summed E-state index contributed by atoms with van der Waals surface area (Å²) in [5.41, 5.74) is 0. The zero-order chi connectivity index (χ0) is 10.6. The average molecular weight is 263 g/mol. The third-order valence-electron chi connectivity index (χ3n) is 2.61. The van der Waals surface area contributed by atoms with Crippen molar-refractivity contribution in [3.63, 3.8) is 0 Å². The number of piperidine rings is 1. The molecule has 14 heavy (non-hydrogen) atoms. The van der Waals surface area contributed by atoms with E-state index in [0.29, 0.717) is 6.04 Å². The fourth-order valence-electron chi connectivity index (χ4n) is 1.76. The van der Waals surface area contributed by atoms with Crippen LogP contribution in [0.25, 0.3) is 0 Å². The van der Waals surface area contributed by atoms with Crippen LogP contribution in [-0.2, 0) is 4.79 Å². The van der Waals surface area contributed by atoms with Gasteiger partial charge in [-0.05, 0) is 32.9 Å². The van der Waals surface area contributed by atoms with Crippen LogP contribution >= 0.6 is 15.9 Å². The Bertz CT molecular complexity index is 199. The van der Waals surface area contributed by atoms with Crippen LogP contribution in [0.15, 0.2) is 0 Å². The Morgan fingerprint density at radius 2 is 2.43 bits per heavy atom. The SMILES string of the molecule is CCC(Br)C(=O)NC1CCCN(C)C1. The number of likely N-dealkylation sites (N-methyl/N-ethyl adjacent to an activating group) is 1. The molecule has 1 saturated heterocycles. The van der Waals surface area contributed by atoms with Gasteiger partial charge in [0.2, 0.25) is 5.91 Å². The Hall–Kier alpha value is -0.0900. The van der Waals surface area contributed by atoms with Gasteiger partial charge in [0.15, 0.2) is 0 Å². The van der Waals surface area contributed by atoms with Crippen LogP contribution in [0.1, 0.15) is 26.2 Å². The van der Waals surface area contributed by atoms with Crippen molar-refractivity contribution in [1.82, 2.24) is 10.2 Å². The van der Waals surface area contributed by atoms with Crippen molar-refractivity contribution in [3.8, 4) is 0 Å².